The molecule has 0 aliphatic heterocycles. The first-order chi connectivity index (χ1) is 18.0. The van der Waals surface area contributed by atoms with Crippen molar-refractivity contribution in [1.29, 1.82) is 0 Å². The Balaban J connectivity index is 1.51. The van der Waals surface area contributed by atoms with Crippen molar-refractivity contribution in [3.05, 3.63) is 42.5 Å². The molecule has 196 valence electrons. The minimum absolute atomic E-state index is 0.125. The zero-order chi connectivity index (χ0) is 26.2. The first-order valence-corrected chi connectivity index (χ1v) is 12.2. The number of tetrazole rings is 1. The number of amides is 2. The molecule has 37 heavy (non-hydrogen) atoms. The van der Waals surface area contributed by atoms with Gasteiger partial charge in [-0.2, -0.15) is 4.80 Å². The van der Waals surface area contributed by atoms with Crippen LogP contribution in [0, 0.1) is 0 Å². The van der Waals surface area contributed by atoms with E-state index in [-0.39, 0.29) is 30.9 Å². The average Bonchev–Trinajstić information content (AvgIpc) is 3.40. The van der Waals surface area contributed by atoms with Crippen molar-refractivity contribution in [2.75, 3.05) is 32.8 Å². The van der Waals surface area contributed by atoms with E-state index in [0.717, 1.165) is 25.7 Å². The maximum atomic E-state index is 13.4. The lowest BCUT2D eigenvalue weighted by atomic mass is 9.95. The average molecular weight is 509 g/mol. The highest BCUT2D eigenvalue weighted by atomic mass is 16.5. The SMILES string of the molecule is COc1cccc(N(CC(=O)NC2CCCCC2)C(=O)Cn2nnc(-c3ccc(OC)c(OC)c3)n2)c1. The first kappa shape index (κ1) is 25.9. The van der Waals surface area contributed by atoms with E-state index in [1.807, 2.05) is 0 Å². The van der Waals surface area contributed by atoms with Crippen molar-refractivity contribution < 1.29 is 23.8 Å². The van der Waals surface area contributed by atoms with Gasteiger partial charge >= 0.3 is 0 Å². The molecule has 2 amide bonds. The second kappa shape index (κ2) is 12.2. The Morgan fingerprint density at radius 2 is 1.78 bits per heavy atom. The number of nitrogens with one attached hydrogen (secondary N) is 1. The molecule has 1 fully saturated rings. The molecule has 11 nitrogen and oxygen atoms in total. The number of ether oxygens (including phenoxy) is 3. The number of hydrogen-bond donors (Lipinski definition) is 1. The number of anilines is 1. The van der Waals surface area contributed by atoms with Gasteiger partial charge in [0.15, 0.2) is 11.5 Å². The maximum absolute atomic E-state index is 13.4. The number of benzene rings is 2. The van der Waals surface area contributed by atoms with Gasteiger partial charge in [0.25, 0.3) is 5.91 Å². The van der Waals surface area contributed by atoms with Crippen LogP contribution in [0.4, 0.5) is 5.69 Å². The smallest absolute Gasteiger partial charge is 0.251 e. The highest BCUT2D eigenvalue weighted by Gasteiger charge is 2.24. The molecule has 0 spiro atoms. The van der Waals surface area contributed by atoms with Gasteiger partial charge in [0.05, 0.1) is 21.3 Å². The molecule has 1 aliphatic rings. The second-order valence-corrected chi connectivity index (χ2v) is 8.80. The van der Waals surface area contributed by atoms with Crippen LogP contribution in [0.2, 0.25) is 0 Å². The van der Waals surface area contributed by atoms with Crippen LogP contribution < -0.4 is 24.4 Å². The molecule has 0 unspecified atom stereocenters. The second-order valence-electron chi connectivity index (χ2n) is 8.80. The largest absolute Gasteiger partial charge is 0.497 e. The first-order valence-electron chi connectivity index (χ1n) is 12.2. The number of carbonyl (C=O) groups excluding carboxylic acids is 2. The molecule has 1 aromatic heterocycles. The molecular weight excluding hydrogens is 476 g/mol. The summed E-state index contributed by atoms with van der Waals surface area (Å²) in [5, 5.41) is 15.6. The molecule has 2 aromatic carbocycles. The minimum Gasteiger partial charge on any atom is -0.497 e. The van der Waals surface area contributed by atoms with E-state index in [2.05, 4.69) is 20.7 Å². The summed E-state index contributed by atoms with van der Waals surface area (Å²) in [4.78, 5) is 28.9. The Morgan fingerprint density at radius 1 is 1.00 bits per heavy atom. The van der Waals surface area contributed by atoms with Crippen molar-refractivity contribution >= 4 is 17.5 Å². The van der Waals surface area contributed by atoms with E-state index >= 15 is 0 Å². The quantitative estimate of drug-likeness (QED) is 0.444. The summed E-state index contributed by atoms with van der Waals surface area (Å²) in [7, 11) is 4.65. The van der Waals surface area contributed by atoms with Crippen LogP contribution >= 0.6 is 0 Å². The van der Waals surface area contributed by atoms with Gasteiger partial charge in [-0.3, -0.25) is 9.59 Å². The Hall–Kier alpha value is -4.15. The van der Waals surface area contributed by atoms with Gasteiger partial charge in [-0.15, -0.1) is 10.2 Å². The standard InChI is InChI=1S/C26H32N6O5/c1-35-21-11-7-10-20(15-21)31(16-24(33)27-19-8-5-4-6-9-19)25(34)17-32-29-26(28-30-32)18-12-13-22(36-2)23(14-18)37-3/h7,10-15,19H,4-6,8-9,16-17H2,1-3H3,(H,27,33). The molecule has 1 N–H and O–H groups in total. The van der Waals surface area contributed by atoms with Crippen LogP contribution in [0.1, 0.15) is 32.1 Å². The summed E-state index contributed by atoms with van der Waals surface area (Å²) in [5.74, 6) is 1.45. The molecule has 4 rings (SSSR count). The monoisotopic (exact) mass is 508 g/mol. The van der Waals surface area contributed by atoms with Crippen LogP contribution in [-0.2, 0) is 16.1 Å². The normalized spacial score (nSPS) is 13.6. The third-order valence-corrected chi connectivity index (χ3v) is 6.31. The van der Waals surface area contributed by atoms with Crippen LogP contribution in [0.25, 0.3) is 11.4 Å². The molecule has 1 heterocycles. The van der Waals surface area contributed by atoms with Crippen molar-refractivity contribution in [3.8, 4) is 28.6 Å². The molecular formula is C26H32N6O5. The van der Waals surface area contributed by atoms with E-state index in [4.69, 9.17) is 14.2 Å². The lowest BCUT2D eigenvalue weighted by molar-refractivity contribution is -0.124. The van der Waals surface area contributed by atoms with Crippen molar-refractivity contribution in [3.63, 3.8) is 0 Å². The van der Waals surface area contributed by atoms with Gasteiger partial charge in [0.2, 0.25) is 11.7 Å². The fourth-order valence-corrected chi connectivity index (χ4v) is 4.37. The van der Waals surface area contributed by atoms with E-state index < -0.39 is 0 Å². The summed E-state index contributed by atoms with van der Waals surface area (Å²) in [6.07, 6.45) is 5.31. The summed E-state index contributed by atoms with van der Waals surface area (Å²) in [6, 6.07) is 12.4. The Bertz CT molecular complexity index is 1220. The Morgan fingerprint density at radius 3 is 2.51 bits per heavy atom. The topological polar surface area (TPSA) is 121 Å². The number of carbonyl (C=O) groups is 2. The summed E-state index contributed by atoms with van der Waals surface area (Å²) in [6.45, 7) is -0.325. The van der Waals surface area contributed by atoms with Gasteiger partial charge < -0.3 is 24.4 Å². The summed E-state index contributed by atoms with van der Waals surface area (Å²) in [5.41, 5.74) is 1.20. The number of hydrogen-bond acceptors (Lipinski definition) is 8. The highest BCUT2D eigenvalue weighted by molar-refractivity contribution is 5.98. The summed E-state index contributed by atoms with van der Waals surface area (Å²) >= 11 is 0. The van der Waals surface area contributed by atoms with Crippen molar-refractivity contribution in [1.82, 2.24) is 25.5 Å². The van der Waals surface area contributed by atoms with Gasteiger partial charge in [-0.1, -0.05) is 25.3 Å². The van der Waals surface area contributed by atoms with E-state index in [1.54, 1.807) is 63.8 Å². The van der Waals surface area contributed by atoms with Crippen molar-refractivity contribution in [2.24, 2.45) is 0 Å². The lowest BCUT2D eigenvalue weighted by Gasteiger charge is -2.26. The molecule has 0 atom stereocenters. The molecule has 1 saturated carbocycles. The third-order valence-electron chi connectivity index (χ3n) is 6.31. The van der Waals surface area contributed by atoms with E-state index in [0.29, 0.717) is 34.3 Å². The molecule has 0 bridgehead atoms. The van der Waals surface area contributed by atoms with Crippen LogP contribution in [0.15, 0.2) is 42.5 Å². The van der Waals surface area contributed by atoms with Gasteiger partial charge in [0.1, 0.15) is 18.8 Å². The number of aromatic nitrogens is 4. The Labute approximate surface area is 215 Å². The summed E-state index contributed by atoms with van der Waals surface area (Å²) < 4.78 is 15.9. The lowest BCUT2D eigenvalue weighted by Crippen LogP contribution is -2.46. The van der Waals surface area contributed by atoms with Crippen LogP contribution in [-0.4, -0.2) is 65.9 Å². The number of rotatable bonds is 10. The Kier molecular flexibility index (Phi) is 8.55. The molecule has 3 aromatic rings. The molecule has 0 saturated heterocycles. The van der Waals surface area contributed by atoms with Crippen LogP contribution in [0.3, 0.4) is 0 Å². The van der Waals surface area contributed by atoms with Crippen molar-refractivity contribution in [2.45, 2.75) is 44.7 Å². The molecule has 1 aliphatic carbocycles. The zero-order valence-corrected chi connectivity index (χ0v) is 21.3. The highest BCUT2D eigenvalue weighted by Crippen LogP contribution is 2.30. The minimum atomic E-state index is -0.358. The zero-order valence-electron chi connectivity index (χ0n) is 21.3. The third kappa shape index (κ3) is 6.54. The van der Waals surface area contributed by atoms with Gasteiger partial charge in [-0.25, -0.2) is 0 Å². The fraction of sp³-hybridized carbons (Fsp3) is 0.423. The molecule has 0 radical (unpaired) electrons. The number of nitrogens with zero attached hydrogens (tertiary/aromatic N) is 5. The predicted octanol–water partition coefficient (Wildman–Crippen LogP) is 2.85. The van der Waals surface area contributed by atoms with Gasteiger partial charge in [0, 0.05) is 23.4 Å². The maximum Gasteiger partial charge on any atom is 0.251 e. The van der Waals surface area contributed by atoms with E-state index in [9.17, 15) is 9.59 Å². The number of methoxy groups -OCH3 is 3. The van der Waals surface area contributed by atoms with E-state index in [1.165, 1.54) is 16.1 Å². The molecule has 11 heteroatoms. The predicted molar refractivity (Wildman–Crippen MR) is 137 cm³/mol. The van der Waals surface area contributed by atoms with Gasteiger partial charge in [-0.05, 0) is 48.4 Å². The fourth-order valence-electron chi connectivity index (χ4n) is 4.37. The van der Waals surface area contributed by atoms with Crippen LogP contribution in [0.5, 0.6) is 17.2 Å².